The van der Waals surface area contributed by atoms with Crippen molar-refractivity contribution in [2.45, 2.75) is 31.6 Å². The fraction of sp³-hybridized carbons (Fsp3) is 0.312. The van der Waals surface area contributed by atoms with Crippen LogP contribution in [0.3, 0.4) is 0 Å². The second-order valence-corrected chi connectivity index (χ2v) is 10.5. The quantitative estimate of drug-likeness (QED) is 0.121. The van der Waals surface area contributed by atoms with Crippen molar-refractivity contribution < 1.29 is 29.3 Å². The third-order valence-corrected chi connectivity index (χ3v) is 7.20. The summed E-state index contributed by atoms with van der Waals surface area (Å²) in [6.07, 6.45) is 1.44. The summed E-state index contributed by atoms with van der Waals surface area (Å²) in [6.45, 7) is 2.39. The third kappa shape index (κ3) is 7.34. The molecule has 2 unspecified atom stereocenters. The monoisotopic (exact) mass is 572 g/mol. The highest BCUT2D eigenvalue weighted by Gasteiger charge is 2.25. The van der Waals surface area contributed by atoms with Gasteiger partial charge in [-0.2, -0.15) is 0 Å². The van der Waals surface area contributed by atoms with Crippen LogP contribution >= 0.6 is 0 Å². The number of benzene rings is 3. The maximum atomic E-state index is 11.6. The van der Waals surface area contributed by atoms with Crippen molar-refractivity contribution in [2.24, 2.45) is 0 Å². The topological polar surface area (TPSA) is 140 Å². The number of carbonyl (C=O) groups is 1. The number of nitrogens with zero attached hydrogens (tertiary/aromatic N) is 2. The number of amides is 1. The Morgan fingerprint density at radius 3 is 2.57 bits per heavy atom. The van der Waals surface area contributed by atoms with Crippen LogP contribution in [0.5, 0.6) is 11.5 Å². The van der Waals surface area contributed by atoms with Gasteiger partial charge in [-0.1, -0.05) is 54.6 Å². The molecule has 0 saturated heterocycles. The molecule has 1 amide bonds. The number of rotatable bonds is 13. The van der Waals surface area contributed by atoms with Crippen molar-refractivity contribution in [3.05, 3.63) is 107 Å². The number of carbonyl (C=O) groups excluding carboxylic acids is 1. The number of aromatic nitrogens is 1. The molecule has 10 nitrogen and oxygen atoms in total. The van der Waals surface area contributed by atoms with Gasteiger partial charge >= 0.3 is 0 Å². The Bertz CT molecular complexity index is 1470. The molecule has 5 N–H and O–H groups in total. The molecule has 5 rings (SSSR count). The molecule has 42 heavy (non-hydrogen) atoms. The second-order valence-electron chi connectivity index (χ2n) is 10.5. The number of anilines is 1. The van der Waals surface area contributed by atoms with Crippen LogP contribution in [0.15, 0.2) is 77.3 Å². The van der Waals surface area contributed by atoms with E-state index in [2.05, 4.69) is 51.8 Å². The molecular formula is C32H36N4O6. The molecule has 0 fully saturated rings. The standard InChI is InChI=1S/C32H36N4O6/c1-36(16-14-24-17-34-32(42-24)30(40)23-5-3-2-4-6-23)19-22-9-7-21(8-10-22)13-15-33-18-27(38)25-11-12-26(37)29-31(25)41-20-28(39)35-29/h2-12,17,27,30,33,37-38,40H,13-16,18-20H2,1H3,(H,35,39). The highest BCUT2D eigenvalue weighted by atomic mass is 16.5. The lowest BCUT2D eigenvalue weighted by atomic mass is 10.0. The summed E-state index contributed by atoms with van der Waals surface area (Å²) in [5, 5.41) is 37.0. The number of likely N-dealkylation sites (N-methyl/N-ethyl adjacent to an activating group) is 1. The minimum Gasteiger partial charge on any atom is -0.506 e. The zero-order chi connectivity index (χ0) is 29.5. The third-order valence-electron chi connectivity index (χ3n) is 7.20. The molecule has 0 radical (unpaired) electrons. The number of oxazole rings is 1. The number of aliphatic hydroxyl groups excluding tert-OH is 2. The van der Waals surface area contributed by atoms with E-state index in [1.54, 1.807) is 12.3 Å². The summed E-state index contributed by atoms with van der Waals surface area (Å²) in [5.74, 6) is 0.907. The molecule has 4 aromatic rings. The number of aliphatic hydroxyl groups is 2. The second kappa shape index (κ2) is 13.6. The van der Waals surface area contributed by atoms with Gasteiger partial charge in [0.15, 0.2) is 18.5 Å². The van der Waals surface area contributed by atoms with Gasteiger partial charge in [0.2, 0.25) is 5.89 Å². The summed E-state index contributed by atoms with van der Waals surface area (Å²) >= 11 is 0. The molecule has 0 saturated carbocycles. The van der Waals surface area contributed by atoms with Crippen molar-refractivity contribution in [3.63, 3.8) is 0 Å². The highest BCUT2D eigenvalue weighted by Crippen LogP contribution is 2.41. The molecule has 2 heterocycles. The lowest BCUT2D eigenvalue weighted by molar-refractivity contribution is -0.118. The number of hydrogen-bond acceptors (Lipinski definition) is 9. The first-order valence-corrected chi connectivity index (χ1v) is 14.0. The van der Waals surface area contributed by atoms with Crippen LogP contribution in [-0.4, -0.2) is 64.4 Å². The van der Waals surface area contributed by atoms with E-state index in [-0.39, 0.29) is 24.0 Å². The maximum Gasteiger partial charge on any atom is 0.262 e. The number of ether oxygens (including phenoxy) is 1. The summed E-state index contributed by atoms with van der Waals surface area (Å²) in [4.78, 5) is 18.1. The molecule has 0 spiro atoms. The smallest absolute Gasteiger partial charge is 0.262 e. The minimum atomic E-state index is -0.874. The predicted octanol–water partition coefficient (Wildman–Crippen LogP) is 3.33. The van der Waals surface area contributed by atoms with Gasteiger partial charge in [-0.3, -0.25) is 4.79 Å². The lowest BCUT2D eigenvalue weighted by Crippen LogP contribution is -2.28. The molecule has 10 heteroatoms. The summed E-state index contributed by atoms with van der Waals surface area (Å²) in [6, 6.07) is 20.9. The Morgan fingerprint density at radius 2 is 1.79 bits per heavy atom. The lowest BCUT2D eigenvalue weighted by Gasteiger charge is -2.24. The SMILES string of the molecule is CN(CCc1cnc(C(O)c2ccccc2)o1)Cc1ccc(CCNCC(O)c2ccc(O)c3c2OCC(=O)N3)cc1. The van der Waals surface area contributed by atoms with E-state index < -0.39 is 12.2 Å². The van der Waals surface area contributed by atoms with Crippen molar-refractivity contribution in [1.82, 2.24) is 15.2 Å². The van der Waals surface area contributed by atoms with Gasteiger partial charge in [0, 0.05) is 31.6 Å². The Kier molecular flexibility index (Phi) is 9.50. The van der Waals surface area contributed by atoms with Crippen LogP contribution in [0.1, 0.15) is 46.1 Å². The van der Waals surface area contributed by atoms with Gasteiger partial charge in [0.25, 0.3) is 5.91 Å². The zero-order valence-electron chi connectivity index (χ0n) is 23.5. The van der Waals surface area contributed by atoms with Crippen LogP contribution in [-0.2, 0) is 24.2 Å². The van der Waals surface area contributed by atoms with E-state index in [9.17, 15) is 20.1 Å². The highest BCUT2D eigenvalue weighted by molar-refractivity contribution is 5.97. The van der Waals surface area contributed by atoms with Crippen LogP contribution in [0.25, 0.3) is 0 Å². The molecule has 2 atom stereocenters. The number of fused-ring (bicyclic) bond motifs is 1. The van der Waals surface area contributed by atoms with Crippen molar-refractivity contribution in [2.75, 3.05) is 38.6 Å². The molecular weight excluding hydrogens is 536 g/mol. The first-order valence-electron chi connectivity index (χ1n) is 14.0. The Balaban J connectivity index is 1.03. The van der Waals surface area contributed by atoms with Crippen LogP contribution in [0, 0.1) is 0 Å². The molecule has 1 aliphatic heterocycles. The molecule has 1 aromatic heterocycles. The number of aromatic hydroxyl groups is 1. The first-order chi connectivity index (χ1) is 20.4. The van der Waals surface area contributed by atoms with Crippen molar-refractivity contribution in [1.29, 1.82) is 0 Å². The van der Waals surface area contributed by atoms with Gasteiger partial charge in [-0.25, -0.2) is 4.98 Å². The van der Waals surface area contributed by atoms with Gasteiger partial charge in [0.1, 0.15) is 17.2 Å². The Hall–Kier alpha value is -4.22. The van der Waals surface area contributed by atoms with E-state index in [1.807, 2.05) is 30.3 Å². The normalized spacial score (nSPS) is 14.2. The van der Waals surface area contributed by atoms with Crippen LogP contribution < -0.4 is 15.4 Å². The molecule has 220 valence electrons. The van der Waals surface area contributed by atoms with Crippen molar-refractivity contribution in [3.8, 4) is 11.5 Å². The van der Waals surface area contributed by atoms with Gasteiger partial charge in [-0.05, 0) is 48.8 Å². The zero-order valence-corrected chi connectivity index (χ0v) is 23.5. The maximum absolute atomic E-state index is 11.6. The van der Waals surface area contributed by atoms with Gasteiger partial charge in [-0.15, -0.1) is 0 Å². The van der Waals surface area contributed by atoms with E-state index >= 15 is 0 Å². The number of hydrogen-bond donors (Lipinski definition) is 5. The van der Waals surface area contributed by atoms with E-state index in [0.29, 0.717) is 36.7 Å². The molecule has 0 bridgehead atoms. The average Bonchev–Trinajstić information content (AvgIpc) is 3.49. The van der Waals surface area contributed by atoms with Crippen LogP contribution in [0.4, 0.5) is 5.69 Å². The minimum absolute atomic E-state index is 0.0970. The average molecular weight is 573 g/mol. The first kappa shape index (κ1) is 29.3. The molecule has 3 aromatic carbocycles. The van der Waals surface area contributed by atoms with E-state index in [0.717, 1.165) is 30.8 Å². The Morgan fingerprint density at radius 1 is 1.02 bits per heavy atom. The van der Waals surface area contributed by atoms with Crippen molar-refractivity contribution >= 4 is 11.6 Å². The largest absolute Gasteiger partial charge is 0.506 e. The predicted molar refractivity (Wildman–Crippen MR) is 157 cm³/mol. The summed E-state index contributed by atoms with van der Waals surface area (Å²) in [5.41, 5.74) is 3.84. The molecule has 0 aliphatic carbocycles. The fourth-order valence-electron chi connectivity index (χ4n) is 4.87. The molecule has 1 aliphatic rings. The number of nitrogens with one attached hydrogen (secondary N) is 2. The van der Waals surface area contributed by atoms with E-state index in [1.165, 1.54) is 17.2 Å². The summed E-state index contributed by atoms with van der Waals surface area (Å²) in [7, 11) is 2.06. The van der Waals surface area contributed by atoms with Gasteiger partial charge in [0.05, 0.1) is 12.3 Å². The van der Waals surface area contributed by atoms with E-state index in [4.69, 9.17) is 9.15 Å². The summed E-state index contributed by atoms with van der Waals surface area (Å²) < 4.78 is 11.3. The number of phenolic OH excluding ortho intramolecular Hbond substituents is 1. The fourth-order valence-corrected chi connectivity index (χ4v) is 4.87. The van der Waals surface area contributed by atoms with Crippen LogP contribution in [0.2, 0.25) is 0 Å². The Labute approximate surface area is 244 Å². The number of phenols is 1. The van der Waals surface area contributed by atoms with Gasteiger partial charge < -0.3 is 40.0 Å².